The van der Waals surface area contributed by atoms with Crippen LogP contribution in [0.4, 0.5) is 8.78 Å². The van der Waals surface area contributed by atoms with Crippen molar-refractivity contribution in [3.8, 4) is 22.5 Å². The van der Waals surface area contributed by atoms with Crippen molar-refractivity contribution in [2.45, 2.75) is 39.2 Å². The lowest BCUT2D eigenvalue weighted by molar-refractivity contribution is 0.0911. The van der Waals surface area contributed by atoms with E-state index in [1.165, 1.54) is 6.07 Å². The molecule has 1 aromatic carbocycles. The van der Waals surface area contributed by atoms with Gasteiger partial charge in [-0.1, -0.05) is 32.9 Å². The molecule has 1 amide bonds. The van der Waals surface area contributed by atoms with E-state index in [-0.39, 0.29) is 23.6 Å². The zero-order valence-electron chi connectivity index (χ0n) is 20.6. The van der Waals surface area contributed by atoms with Crippen LogP contribution in [0, 0.1) is 0 Å². The van der Waals surface area contributed by atoms with Crippen molar-refractivity contribution in [3.63, 3.8) is 0 Å². The van der Waals surface area contributed by atoms with Crippen LogP contribution in [0.2, 0.25) is 0 Å². The van der Waals surface area contributed by atoms with Crippen LogP contribution in [-0.4, -0.2) is 40.5 Å². The minimum atomic E-state index is -2.77. The van der Waals surface area contributed by atoms with E-state index in [4.69, 9.17) is 9.40 Å². The third kappa shape index (κ3) is 4.82. The number of aryl methyl sites for hydroxylation is 1. The van der Waals surface area contributed by atoms with E-state index >= 15 is 0 Å². The van der Waals surface area contributed by atoms with Crippen LogP contribution in [-0.2, 0) is 19.0 Å². The summed E-state index contributed by atoms with van der Waals surface area (Å²) < 4.78 is 36.9. The van der Waals surface area contributed by atoms with E-state index in [1.54, 1.807) is 53.0 Å². The van der Waals surface area contributed by atoms with Gasteiger partial charge >= 0.3 is 11.8 Å². The molecule has 5 aromatic rings. The highest BCUT2D eigenvalue weighted by Crippen LogP contribution is 2.32. The summed E-state index contributed by atoms with van der Waals surface area (Å²) in [6.07, 6.45) is 4.09. The number of fused-ring (bicyclic) bond motifs is 1. The monoisotopic (exact) mass is 506 g/mol. The minimum absolute atomic E-state index is 0.142. The average Bonchev–Trinajstić information content (AvgIpc) is 3.61. The standard InChI is InChI=1S/C25H24F2N8O2/c1-25(2,3)24-33-32-23(37-24)22(36)28-10-15-6-5-14(9-17(15)21(26)27)20-19-7-8-29-35(19)13-18(31-20)16-11-30-34(4)12-16/h5-9,11-13,21H,10H2,1-4H3,(H,28,36). The van der Waals surface area contributed by atoms with Crippen LogP contribution in [0.15, 0.2) is 53.5 Å². The maximum atomic E-state index is 14.1. The SMILES string of the molecule is Cn1cc(-c2cn3nccc3c(-c3ccc(CNC(=O)c4nnc(C(C)(C)C)o4)c(C(F)F)c3)n2)cn1. The number of alkyl halides is 2. The molecule has 5 rings (SSSR count). The number of nitrogens with zero attached hydrogens (tertiary/aromatic N) is 7. The number of hydrogen-bond donors (Lipinski definition) is 1. The maximum Gasteiger partial charge on any atom is 0.309 e. The first-order valence-electron chi connectivity index (χ1n) is 11.5. The van der Waals surface area contributed by atoms with Gasteiger partial charge in [-0.15, -0.1) is 10.2 Å². The normalized spacial score (nSPS) is 12.0. The van der Waals surface area contributed by atoms with Gasteiger partial charge in [0, 0.05) is 41.9 Å². The van der Waals surface area contributed by atoms with E-state index in [1.807, 2.05) is 27.0 Å². The molecule has 0 fully saturated rings. The van der Waals surface area contributed by atoms with Crippen molar-refractivity contribution in [3.05, 3.63) is 72.0 Å². The molecule has 0 spiro atoms. The number of halogens is 2. The van der Waals surface area contributed by atoms with Crippen molar-refractivity contribution >= 4 is 11.4 Å². The van der Waals surface area contributed by atoms with Gasteiger partial charge in [0.05, 0.1) is 35.5 Å². The van der Waals surface area contributed by atoms with Crippen molar-refractivity contribution in [2.75, 3.05) is 0 Å². The third-order valence-electron chi connectivity index (χ3n) is 5.75. The Morgan fingerprint density at radius 3 is 2.59 bits per heavy atom. The third-order valence-corrected chi connectivity index (χ3v) is 5.75. The second kappa shape index (κ2) is 9.19. The lowest BCUT2D eigenvalue weighted by atomic mass is 9.97. The molecular weight excluding hydrogens is 482 g/mol. The number of amides is 1. The van der Waals surface area contributed by atoms with Crippen molar-refractivity contribution in [1.29, 1.82) is 0 Å². The molecule has 4 heterocycles. The minimum Gasteiger partial charge on any atom is -0.416 e. The summed E-state index contributed by atoms with van der Waals surface area (Å²) in [5, 5.41) is 18.7. The van der Waals surface area contributed by atoms with Crippen LogP contribution in [0.25, 0.3) is 28.0 Å². The molecule has 37 heavy (non-hydrogen) atoms. The molecule has 0 aliphatic carbocycles. The molecule has 4 aromatic heterocycles. The second-order valence-corrected chi connectivity index (χ2v) is 9.60. The Kier molecular flexibility index (Phi) is 6.02. The Hall–Kier alpha value is -4.48. The fourth-order valence-corrected chi connectivity index (χ4v) is 3.81. The summed E-state index contributed by atoms with van der Waals surface area (Å²) in [6.45, 7) is 5.48. The van der Waals surface area contributed by atoms with Gasteiger partial charge < -0.3 is 9.73 Å². The molecule has 0 bridgehead atoms. The van der Waals surface area contributed by atoms with Crippen LogP contribution in [0.3, 0.4) is 0 Å². The Balaban J connectivity index is 1.45. The quantitative estimate of drug-likeness (QED) is 0.364. The number of carbonyl (C=O) groups is 1. The lowest BCUT2D eigenvalue weighted by Crippen LogP contribution is -2.24. The van der Waals surface area contributed by atoms with Gasteiger partial charge in [-0.2, -0.15) is 10.2 Å². The van der Waals surface area contributed by atoms with Crippen LogP contribution in [0.1, 0.15) is 54.9 Å². The fraction of sp³-hybridized carbons (Fsp3) is 0.280. The molecule has 0 aliphatic heterocycles. The topological polar surface area (TPSA) is 116 Å². The summed E-state index contributed by atoms with van der Waals surface area (Å²) in [4.78, 5) is 17.2. The van der Waals surface area contributed by atoms with Gasteiger partial charge in [0.2, 0.25) is 5.89 Å². The number of hydrogen-bond acceptors (Lipinski definition) is 7. The summed E-state index contributed by atoms with van der Waals surface area (Å²) in [7, 11) is 1.80. The predicted molar refractivity (Wildman–Crippen MR) is 130 cm³/mol. The van der Waals surface area contributed by atoms with Crippen molar-refractivity contribution < 1.29 is 18.0 Å². The average molecular weight is 507 g/mol. The summed E-state index contributed by atoms with van der Waals surface area (Å²) in [6, 6.07) is 6.40. The molecule has 0 aliphatic rings. The van der Waals surface area contributed by atoms with Gasteiger partial charge in [-0.05, 0) is 17.7 Å². The molecule has 1 N–H and O–H groups in total. The molecule has 10 nitrogen and oxygen atoms in total. The summed E-state index contributed by atoms with van der Waals surface area (Å²) in [5.41, 5.74) is 2.65. The highest BCUT2D eigenvalue weighted by molar-refractivity contribution is 5.89. The number of nitrogens with one attached hydrogen (secondary N) is 1. The Labute approximate surface area is 210 Å². The zero-order chi connectivity index (χ0) is 26.3. The number of aromatic nitrogens is 7. The van der Waals surface area contributed by atoms with E-state index in [9.17, 15) is 13.6 Å². The van der Waals surface area contributed by atoms with Gasteiger partial charge in [-0.3, -0.25) is 9.48 Å². The van der Waals surface area contributed by atoms with Crippen molar-refractivity contribution in [2.24, 2.45) is 7.05 Å². The molecule has 0 atom stereocenters. The molecule has 12 heteroatoms. The highest BCUT2D eigenvalue weighted by atomic mass is 19.3. The Bertz CT molecular complexity index is 1600. The number of benzene rings is 1. The molecular formula is C25H24F2N8O2. The van der Waals surface area contributed by atoms with Gasteiger partial charge in [0.1, 0.15) is 0 Å². The lowest BCUT2D eigenvalue weighted by Gasteiger charge is -2.13. The van der Waals surface area contributed by atoms with Crippen LogP contribution < -0.4 is 5.32 Å². The Morgan fingerprint density at radius 2 is 1.92 bits per heavy atom. The van der Waals surface area contributed by atoms with Crippen molar-refractivity contribution in [1.82, 2.24) is 39.9 Å². The van der Waals surface area contributed by atoms with Gasteiger partial charge in [0.15, 0.2) is 0 Å². The largest absolute Gasteiger partial charge is 0.416 e. The molecule has 190 valence electrons. The molecule has 0 saturated carbocycles. The first-order valence-corrected chi connectivity index (χ1v) is 11.5. The van der Waals surface area contributed by atoms with E-state index < -0.39 is 17.7 Å². The Morgan fingerprint density at radius 1 is 1.11 bits per heavy atom. The van der Waals surface area contributed by atoms with Gasteiger partial charge in [-0.25, -0.2) is 18.3 Å². The smallest absolute Gasteiger partial charge is 0.309 e. The maximum absolute atomic E-state index is 14.1. The fourth-order valence-electron chi connectivity index (χ4n) is 3.81. The van der Waals surface area contributed by atoms with Crippen LogP contribution >= 0.6 is 0 Å². The second-order valence-electron chi connectivity index (χ2n) is 9.60. The van der Waals surface area contributed by atoms with Crippen LogP contribution in [0.5, 0.6) is 0 Å². The van der Waals surface area contributed by atoms with Gasteiger partial charge in [0.25, 0.3) is 6.43 Å². The first-order chi connectivity index (χ1) is 17.6. The van der Waals surface area contributed by atoms with E-state index in [0.717, 1.165) is 5.56 Å². The number of rotatable bonds is 6. The predicted octanol–water partition coefficient (Wildman–Crippen LogP) is 4.34. The molecule has 0 saturated heterocycles. The molecule has 0 radical (unpaired) electrons. The molecule has 0 unspecified atom stereocenters. The number of carbonyl (C=O) groups excluding carboxylic acids is 1. The van der Waals surface area contributed by atoms with E-state index in [2.05, 4.69) is 25.7 Å². The summed E-state index contributed by atoms with van der Waals surface area (Å²) in [5.74, 6) is -0.554. The first kappa shape index (κ1) is 24.2. The zero-order valence-corrected chi connectivity index (χ0v) is 20.6. The highest BCUT2D eigenvalue weighted by Gasteiger charge is 2.24. The van der Waals surface area contributed by atoms with E-state index in [0.29, 0.717) is 28.4 Å². The summed E-state index contributed by atoms with van der Waals surface area (Å²) >= 11 is 0.